The average Bonchev–Trinajstić information content (AvgIpc) is 2.78. The Labute approximate surface area is 112 Å². The van der Waals surface area contributed by atoms with E-state index in [-0.39, 0.29) is 4.21 Å². The van der Waals surface area contributed by atoms with Crippen molar-refractivity contribution in [3.8, 4) is 10.6 Å². The molecule has 0 aliphatic rings. The minimum absolute atomic E-state index is 0.144. The quantitative estimate of drug-likeness (QED) is 0.643. The van der Waals surface area contributed by atoms with Crippen LogP contribution in [-0.4, -0.2) is 19.7 Å². The zero-order valence-electron chi connectivity index (χ0n) is 8.75. The van der Waals surface area contributed by atoms with Gasteiger partial charge in [-0.2, -0.15) is 0 Å². The first-order valence-electron chi connectivity index (χ1n) is 4.56. The van der Waals surface area contributed by atoms with E-state index in [2.05, 4.69) is 4.98 Å². The summed E-state index contributed by atoms with van der Waals surface area (Å²) in [6.07, 6.45) is 1.94. The fraction of sp³-hybridized carbons (Fsp3) is 0.100. The summed E-state index contributed by atoms with van der Waals surface area (Å²) in [6, 6.07) is 8.85. The number of nitrogens with zero attached hydrogens (tertiary/aromatic N) is 1. The highest BCUT2D eigenvalue weighted by atomic mass is 35.7. The Hall–Kier alpha value is -0.560. The second-order valence-corrected chi connectivity index (χ2v) is 7.82. The third kappa shape index (κ3) is 3.01. The van der Waals surface area contributed by atoms with Gasteiger partial charge in [-0.3, -0.25) is 0 Å². The van der Waals surface area contributed by atoms with Gasteiger partial charge < -0.3 is 0 Å². The second-order valence-electron chi connectivity index (χ2n) is 3.12. The molecular formula is C10H8ClNO2S3. The molecule has 17 heavy (non-hydrogen) atoms. The molecule has 0 aliphatic heterocycles. The molecule has 0 radical (unpaired) electrons. The topological polar surface area (TPSA) is 47.0 Å². The molecule has 0 saturated carbocycles. The van der Waals surface area contributed by atoms with Crippen LogP contribution in [0.4, 0.5) is 0 Å². The number of hydrogen-bond donors (Lipinski definition) is 0. The maximum atomic E-state index is 11.2. The Morgan fingerprint density at radius 1 is 1.29 bits per heavy atom. The number of aromatic nitrogens is 1. The van der Waals surface area contributed by atoms with Crippen molar-refractivity contribution in [3.63, 3.8) is 0 Å². The van der Waals surface area contributed by atoms with Crippen LogP contribution in [0.25, 0.3) is 10.6 Å². The molecule has 2 aromatic heterocycles. The van der Waals surface area contributed by atoms with Crippen LogP contribution in [0, 0.1) is 0 Å². The number of rotatable bonds is 3. The van der Waals surface area contributed by atoms with Crippen LogP contribution in [0.15, 0.2) is 39.6 Å². The summed E-state index contributed by atoms with van der Waals surface area (Å²) in [7, 11) is 1.63. The molecular weight excluding hydrogens is 298 g/mol. The smallest absolute Gasteiger partial charge is 0.241 e. The maximum absolute atomic E-state index is 11.2. The summed E-state index contributed by atoms with van der Waals surface area (Å²) in [5.74, 6) is 0. The summed E-state index contributed by atoms with van der Waals surface area (Å²) in [5, 5.41) is 0.895. The lowest BCUT2D eigenvalue weighted by atomic mass is 10.3. The van der Waals surface area contributed by atoms with Crippen molar-refractivity contribution in [2.75, 3.05) is 6.26 Å². The summed E-state index contributed by atoms with van der Waals surface area (Å²) in [6.45, 7) is 0. The maximum Gasteiger partial charge on any atom is 0.270 e. The minimum Gasteiger partial charge on any atom is -0.241 e. The molecule has 0 aromatic carbocycles. The lowest BCUT2D eigenvalue weighted by molar-refractivity contribution is 0.611. The fourth-order valence-electron chi connectivity index (χ4n) is 1.25. The molecule has 0 N–H and O–H groups in total. The van der Waals surface area contributed by atoms with Crippen molar-refractivity contribution in [2.24, 2.45) is 0 Å². The van der Waals surface area contributed by atoms with Gasteiger partial charge in [-0.1, -0.05) is 6.07 Å². The Morgan fingerprint density at radius 3 is 2.65 bits per heavy atom. The fourth-order valence-corrected chi connectivity index (χ4v) is 3.70. The summed E-state index contributed by atoms with van der Waals surface area (Å²) in [4.78, 5) is 5.18. The van der Waals surface area contributed by atoms with Gasteiger partial charge in [0.1, 0.15) is 4.21 Å². The molecule has 0 fully saturated rings. The van der Waals surface area contributed by atoms with E-state index in [9.17, 15) is 8.42 Å². The lowest BCUT2D eigenvalue weighted by Crippen LogP contribution is -1.83. The SMILES string of the molecule is CSc1cccc(-c2ccc(S(=O)(=O)Cl)s2)n1. The Kier molecular flexibility index (Phi) is 3.77. The number of thiophene rings is 1. The highest BCUT2D eigenvalue weighted by Gasteiger charge is 2.14. The van der Waals surface area contributed by atoms with Crippen LogP contribution in [-0.2, 0) is 9.05 Å². The number of halogens is 1. The van der Waals surface area contributed by atoms with Gasteiger partial charge in [0, 0.05) is 10.7 Å². The highest BCUT2D eigenvalue weighted by Crippen LogP contribution is 2.31. The third-order valence-electron chi connectivity index (χ3n) is 2.01. The average molecular weight is 306 g/mol. The Morgan fingerprint density at radius 2 is 2.06 bits per heavy atom. The first-order chi connectivity index (χ1) is 8.00. The minimum atomic E-state index is -3.65. The molecule has 7 heteroatoms. The van der Waals surface area contributed by atoms with E-state index in [4.69, 9.17) is 10.7 Å². The van der Waals surface area contributed by atoms with Crippen molar-refractivity contribution in [2.45, 2.75) is 9.24 Å². The first kappa shape index (κ1) is 12.9. The van der Waals surface area contributed by atoms with Crippen LogP contribution >= 0.6 is 33.8 Å². The van der Waals surface area contributed by atoms with Gasteiger partial charge in [0.25, 0.3) is 9.05 Å². The van der Waals surface area contributed by atoms with Gasteiger partial charge in [0.05, 0.1) is 15.6 Å². The molecule has 90 valence electrons. The molecule has 0 bridgehead atoms. The monoisotopic (exact) mass is 305 g/mol. The molecule has 0 amide bonds. The van der Waals surface area contributed by atoms with E-state index in [1.807, 2.05) is 24.5 Å². The summed E-state index contributed by atoms with van der Waals surface area (Å²) < 4.78 is 22.4. The molecule has 0 spiro atoms. The van der Waals surface area contributed by atoms with E-state index in [1.54, 1.807) is 6.07 Å². The lowest BCUT2D eigenvalue weighted by Gasteiger charge is -1.99. The second kappa shape index (κ2) is 4.97. The molecule has 2 heterocycles. The van der Waals surface area contributed by atoms with E-state index >= 15 is 0 Å². The van der Waals surface area contributed by atoms with E-state index in [0.717, 1.165) is 26.9 Å². The molecule has 3 nitrogen and oxygen atoms in total. The van der Waals surface area contributed by atoms with E-state index in [1.165, 1.54) is 17.8 Å². The summed E-state index contributed by atoms with van der Waals surface area (Å²) >= 11 is 2.66. The largest absolute Gasteiger partial charge is 0.270 e. The molecule has 2 rings (SSSR count). The predicted molar refractivity (Wildman–Crippen MR) is 72.4 cm³/mol. The zero-order chi connectivity index (χ0) is 12.5. The van der Waals surface area contributed by atoms with Crippen LogP contribution < -0.4 is 0 Å². The molecule has 0 saturated heterocycles. The first-order valence-corrected chi connectivity index (χ1v) is 8.91. The third-order valence-corrected chi connectivity index (χ3v) is 5.85. The number of hydrogen-bond acceptors (Lipinski definition) is 5. The molecule has 2 aromatic rings. The zero-order valence-corrected chi connectivity index (χ0v) is 12.0. The summed E-state index contributed by atoms with van der Waals surface area (Å²) in [5.41, 5.74) is 0.758. The van der Waals surface area contributed by atoms with Crippen LogP contribution in [0.5, 0.6) is 0 Å². The van der Waals surface area contributed by atoms with E-state index < -0.39 is 9.05 Å². The van der Waals surface area contributed by atoms with Crippen molar-refractivity contribution < 1.29 is 8.42 Å². The van der Waals surface area contributed by atoms with Gasteiger partial charge in [0.15, 0.2) is 0 Å². The Bertz CT molecular complexity index is 637. The van der Waals surface area contributed by atoms with Crippen molar-refractivity contribution in [1.29, 1.82) is 0 Å². The Balaban J connectivity index is 2.43. The van der Waals surface area contributed by atoms with Crippen molar-refractivity contribution >= 4 is 42.8 Å². The van der Waals surface area contributed by atoms with Gasteiger partial charge in [0.2, 0.25) is 0 Å². The van der Waals surface area contributed by atoms with Crippen molar-refractivity contribution in [3.05, 3.63) is 30.3 Å². The van der Waals surface area contributed by atoms with Crippen molar-refractivity contribution in [1.82, 2.24) is 4.98 Å². The number of pyridine rings is 1. The normalized spacial score (nSPS) is 11.6. The standard InChI is InChI=1S/C10H8ClNO2S3/c1-15-9-4-2-3-7(12-9)8-5-6-10(16-8)17(11,13)14/h2-6H,1H3. The highest BCUT2D eigenvalue weighted by molar-refractivity contribution is 8.15. The predicted octanol–water partition coefficient (Wildman–Crippen LogP) is 3.46. The van der Waals surface area contributed by atoms with E-state index in [0.29, 0.717) is 0 Å². The number of thioether (sulfide) groups is 1. The van der Waals surface area contributed by atoms with Crippen LogP contribution in [0.1, 0.15) is 0 Å². The van der Waals surface area contributed by atoms with Gasteiger partial charge >= 0.3 is 0 Å². The molecule has 0 atom stereocenters. The van der Waals surface area contributed by atoms with Gasteiger partial charge in [-0.25, -0.2) is 13.4 Å². The van der Waals surface area contributed by atoms with Gasteiger partial charge in [-0.15, -0.1) is 23.1 Å². The van der Waals surface area contributed by atoms with Crippen LogP contribution in [0.2, 0.25) is 0 Å². The molecule has 0 aliphatic carbocycles. The molecule has 0 unspecified atom stereocenters. The van der Waals surface area contributed by atoms with Gasteiger partial charge in [-0.05, 0) is 30.5 Å². The van der Waals surface area contributed by atoms with Crippen LogP contribution in [0.3, 0.4) is 0 Å².